The summed E-state index contributed by atoms with van der Waals surface area (Å²) >= 11 is 0. The molecule has 22 heavy (non-hydrogen) atoms. The van der Waals surface area contributed by atoms with Gasteiger partial charge >= 0.3 is 5.97 Å². The molecule has 118 valence electrons. The third-order valence-electron chi connectivity index (χ3n) is 4.68. The Morgan fingerprint density at radius 3 is 2.55 bits per heavy atom. The molecule has 1 saturated carbocycles. The number of benzene rings is 1. The second-order valence-electron chi connectivity index (χ2n) is 6.26. The minimum absolute atomic E-state index is 0.0194. The molecule has 5 nitrogen and oxygen atoms in total. The molecule has 1 aromatic rings. The summed E-state index contributed by atoms with van der Waals surface area (Å²) in [6, 6.07) is 2.65. The van der Waals surface area contributed by atoms with Crippen LogP contribution in [-0.2, 0) is 17.6 Å². The van der Waals surface area contributed by atoms with Crippen molar-refractivity contribution in [3.05, 3.63) is 28.8 Å². The van der Waals surface area contributed by atoms with Crippen molar-refractivity contribution in [3.63, 3.8) is 0 Å². The molecule has 1 unspecified atom stereocenters. The summed E-state index contributed by atoms with van der Waals surface area (Å²) in [5, 5.41) is 19.7. The Labute approximate surface area is 129 Å². The quantitative estimate of drug-likeness (QED) is 0.895. The zero-order valence-corrected chi connectivity index (χ0v) is 12.7. The van der Waals surface area contributed by atoms with Crippen LogP contribution in [0.5, 0.6) is 5.75 Å². The number of fused-ring (bicyclic) bond motifs is 1. The first-order chi connectivity index (χ1) is 10.5. The zero-order valence-electron chi connectivity index (χ0n) is 12.7. The summed E-state index contributed by atoms with van der Waals surface area (Å²) in [6.07, 6.45) is 5.47. The topological polar surface area (TPSA) is 77.8 Å². The third kappa shape index (κ3) is 2.56. The van der Waals surface area contributed by atoms with E-state index >= 15 is 0 Å². The lowest BCUT2D eigenvalue weighted by atomic mass is 9.89. The van der Waals surface area contributed by atoms with E-state index in [0.717, 1.165) is 49.7 Å². The van der Waals surface area contributed by atoms with Crippen LogP contribution in [0.1, 0.15) is 54.1 Å². The zero-order chi connectivity index (χ0) is 15.9. The highest BCUT2D eigenvalue weighted by Gasteiger charge is 2.39. The fraction of sp³-hybridized carbons (Fsp3) is 0.529. The maximum Gasteiger partial charge on any atom is 0.326 e. The van der Waals surface area contributed by atoms with E-state index in [4.69, 9.17) is 0 Å². The highest BCUT2D eigenvalue weighted by molar-refractivity contribution is 5.99. The molecule has 1 atom stereocenters. The average molecular weight is 303 g/mol. The van der Waals surface area contributed by atoms with Crippen molar-refractivity contribution in [2.45, 2.75) is 57.5 Å². The van der Waals surface area contributed by atoms with Crippen LogP contribution in [-0.4, -0.2) is 39.1 Å². The van der Waals surface area contributed by atoms with Crippen molar-refractivity contribution in [2.24, 2.45) is 0 Å². The molecule has 1 fully saturated rings. The molecule has 3 rings (SSSR count). The minimum Gasteiger partial charge on any atom is -0.507 e. The largest absolute Gasteiger partial charge is 0.507 e. The predicted octanol–water partition coefficient (Wildman–Crippen LogP) is 2.35. The van der Waals surface area contributed by atoms with Gasteiger partial charge < -0.3 is 15.1 Å². The van der Waals surface area contributed by atoms with Gasteiger partial charge in [0.2, 0.25) is 0 Å². The number of hydrogen-bond donors (Lipinski definition) is 2. The van der Waals surface area contributed by atoms with E-state index < -0.39 is 12.0 Å². The lowest BCUT2D eigenvalue weighted by molar-refractivity contribution is -0.141. The fourth-order valence-corrected chi connectivity index (χ4v) is 3.25. The van der Waals surface area contributed by atoms with Gasteiger partial charge in [-0.3, -0.25) is 4.79 Å². The number of carbonyl (C=O) groups is 2. The number of phenols is 1. The number of carboxylic acid groups (broad SMARTS) is 1. The molecule has 0 aliphatic heterocycles. The van der Waals surface area contributed by atoms with Crippen LogP contribution in [0, 0.1) is 0 Å². The molecule has 0 aromatic heterocycles. The van der Waals surface area contributed by atoms with Gasteiger partial charge in [-0.15, -0.1) is 0 Å². The summed E-state index contributed by atoms with van der Waals surface area (Å²) in [5.41, 5.74) is 2.20. The van der Waals surface area contributed by atoms with Crippen molar-refractivity contribution in [1.29, 1.82) is 0 Å². The Bertz CT molecular complexity index is 621. The molecule has 2 aliphatic rings. The summed E-state index contributed by atoms with van der Waals surface area (Å²) in [7, 11) is 0. The van der Waals surface area contributed by atoms with E-state index in [9.17, 15) is 19.8 Å². The average Bonchev–Trinajstić information content (AvgIpc) is 3.32. The van der Waals surface area contributed by atoms with Gasteiger partial charge in [0.25, 0.3) is 5.91 Å². The highest BCUT2D eigenvalue weighted by atomic mass is 16.4. The number of nitrogens with zero attached hydrogens (tertiary/aromatic N) is 1. The Morgan fingerprint density at radius 2 is 1.91 bits per heavy atom. The first-order valence-corrected chi connectivity index (χ1v) is 7.90. The van der Waals surface area contributed by atoms with E-state index in [1.54, 1.807) is 6.07 Å². The summed E-state index contributed by atoms with van der Waals surface area (Å²) < 4.78 is 0. The molecule has 0 radical (unpaired) electrons. The van der Waals surface area contributed by atoms with Crippen LogP contribution in [0.4, 0.5) is 0 Å². The first-order valence-electron chi connectivity index (χ1n) is 7.90. The maximum atomic E-state index is 12.8. The Morgan fingerprint density at radius 1 is 1.23 bits per heavy atom. The SMILES string of the molecule is CC(C(=O)O)N(C(=O)c1ccc2c(c1O)CCCC2)C1CC1. The molecular weight excluding hydrogens is 282 g/mol. The summed E-state index contributed by atoms with van der Waals surface area (Å²) in [5.74, 6) is -1.34. The Hall–Kier alpha value is -2.04. The standard InChI is InChI=1S/C17H21NO4/c1-10(17(21)22)18(12-7-8-12)16(20)14-9-6-11-4-2-3-5-13(11)15(14)19/h6,9-10,12,19H,2-5,7-8H2,1H3,(H,21,22). The summed E-state index contributed by atoms with van der Waals surface area (Å²) in [4.78, 5) is 25.5. The second kappa shape index (κ2) is 5.63. The van der Waals surface area contributed by atoms with Crippen molar-refractivity contribution in [1.82, 2.24) is 4.90 Å². The lowest BCUT2D eigenvalue weighted by Crippen LogP contribution is -2.44. The molecule has 0 spiro atoms. The van der Waals surface area contributed by atoms with Crippen molar-refractivity contribution < 1.29 is 19.8 Å². The van der Waals surface area contributed by atoms with Gasteiger partial charge in [-0.2, -0.15) is 0 Å². The van der Waals surface area contributed by atoms with Gasteiger partial charge in [-0.05, 0) is 62.6 Å². The van der Waals surface area contributed by atoms with E-state index in [-0.39, 0.29) is 23.3 Å². The number of hydrogen-bond acceptors (Lipinski definition) is 3. The number of carbonyl (C=O) groups excluding carboxylic acids is 1. The van der Waals surface area contributed by atoms with E-state index in [1.807, 2.05) is 6.07 Å². The number of aromatic hydroxyl groups is 1. The number of phenolic OH excluding ortho intramolecular Hbond substituents is 1. The Balaban J connectivity index is 1.95. The van der Waals surface area contributed by atoms with Crippen molar-refractivity contribution in [3.8, 4) is 5.75 Å². The number of carboxylic acids is 1. The monoisotopic (exact) mass is 303 g/mol. The molecule has 2 N–H and O–H groups in total. The van der Waals surface area contributed by atoms with Gasteiger partial charge in [0.05, 0.1) is 5.56 Å². The second-order valence-corrected chi connectivity index (χ2v) is 6.26. The molecule has 1 amide bonds. The van der Waals surface area contributed by atoms with Crippen molar-refractivity contribution >= 4 is 11.9 Å². The smallest absolute Gasteiger partial charge is 0.326 e. The minimum atomic E-state index is -1.02. The van der Waals surface area contributed by atoms with E-state index in [0.29, 0.717) is 0 Å². The van der Waals surface area contributed by atoms with Crippen LogP contribution >= 0.6 is 0 Å². The number of rotatable bonds is 4. The predicted molar refractivity (Wildman–Crippen MR) is 81.0 cm³/mol. The maximum absolute atomic E-state index is 12.8. The highest BCUT2D eigenvalue weighted by Crippen LogP contribution is 2.36. The van der Waals surface area contributed by atoms with Gasteiger partial charge in [0, 0.05) is 6.04 Å². The number of aliphatic carboxylic acids is 1. The molecular formula is C17H21NO4. The molecule has 0 bridgehead atoms. The van der Waals surface area contributed by atoms with E-state index in [2.05, 4.69) is 0 Å². The van der Waals surface area contributed by atoms with Crippen molar-refractivity contribution in [2.75, 3.05) is 0 Å². The molecule has 5 heteroatoms. The summed E-state index contributed by atoms with van der Waals surface area (Å²) in [6.45, 7) is 1.52. The van der Waals surface area contributed by atoms with Crippen LogP contribution in [0.2, 0.25) is 0 Å². The van der Waals surface area contributed by atoms with Gasteiger partial charge in [0.1, 0.15) is 11.8 Å². The number of amides is 1. The fourth-order valence-electron chi connectivity index (χ4n) is 3.25. The molecule has 2 aliphatic carbocycles. The van der Waals surface area contributed by atoms with Gasteiger partial charge in [0.15, 0.2) is 0 Å². The van der Waals surface area contributed by atoms with Crippen LogP contribution in [0.15, 0.2) is 12.1 Å². The van der Waals surface area contributed by atoms with Crippen LogP contribution in [0.3, 0.4) is 0 Å². The molecule has 0 heterocycles. The van der Waals surface area contributed by atoms with Crippen LogP contribution < -0.4 is 0 Å². The molecule has 0 saturated heterocycles. The normalized spacial score (nSPS) is 18.4. The lowest BCUT2D eigenvalue weighted by Gasteiger charge is -2.28. The Kier molecular flexibility index (Phi) is 3.81. The molecule has 1 aromatic carbocycles. The van der Waals surface area contributed by atoms with Gasteiger partial charge in [-0.1, -0.05) is 6.07 Å². The van der Waals surface area contributed by atoms with Gasteiger partial charge in [-0.25, -0.2) is 4.79 Å². The number of aryl methyl sites for hydroxylation is 1. The van der Waals surface area contributed by atoms with E-state index in [1.165, 1.54) is 11.8 Å². The van der Waals surface area contributed by atoms with Crippen LogP contribution in [0.25, 0.3) is 0 Å². The third-order valence-corrected chi connectivity index (χ3v) is 4.68. The first kappa shape index (κ1) is 14.9.